The van der Waals surface area contributed by atoms with E-state index in [4.69, 9.17) is 23.7 Å². The number of benzene rings is 4. The fourth-order valence-electron chi connectivity index (χ4n) is 6.65. The van der Waals surface area contributed by atoms with E-state index in [0.717, 1.165) is 29.7 Å². The second kappa shape index (κ2) is 21.6. The van der Waals surface area contributed by atoms with Crippen LogP contribution in [0.3, 0.4) is 0 Å². The number of hydrogen-bond acceptors (Lipinski definition) is 10. The van der Waals surface area contributed by atoms with Gasteiger partial charge in [-0.15, -0.1) is 5.10 Å². The lowest BCUT2D eigenvalue weighted by Gasteiger charge is -2.41. The van der Waals surface area contributed by atoms with E-state index in [1.54, 1.807) is 66.7 Å². The summed E-state index contributed by atoms with van der Waals surface area (Å²) in [4.78, 5) is 52.3. The highest BCUT2D eigenvalue weighted by Crippen LogP contribution is 2.35. The number of nitrogens with one attached hydrogen (secondary N) is 2. The van der Waals surface area contributed by atoms with E-state index in [1.165, 1.54) is 24.3 Å². The van der Waals surface area contributed by atoms with Gasteiger partial charge in [0.1, 0.15) is 12.7 Å². The average molecular weight is 832 g/mol. The van der Waals surface area contributed by atoms with Crippen LogP contribution in [-0.4, -0.2) is 77.9 Å². The highest BCUT2D eigenvalue weighted by Gasteiger charge is 2.53. The Labute approximate surface area is 354 Å². The molecule has 1 aliphatic heterocycles. The van der Waals surface area contributed by atoms with Gasteiger partial charge in [0.05, 0.1) is 16.7 Å². The first-order valence-electron chi connectivity index (χ1n) is 20.4. The van der Waals surface area contributed by atoms with E-state index in [-0.39, 0.29) is 40.8 Å². The van der Waals surface area contributed by atoms with E-state index < -0.39 is 55.3 Å². The van der Waals surface area contributed by atoms with Crippen molar-refractivity contribution in [1.82, 2.24) is 15.5 Å². The number of nitrogens with zero attached hydrogens (tertiary/aromatic N) is 1. The third-order valence-corrected chi connectivity index (χ3v) is 9.96. The van der Waals surface area contributed by atoms with Crippen LogP contribution in [0.2, 0.25) is 0 Å². The molecule has 0 aliphatic carbocycles. The van der Waals surface area contributed by atoms with Crippen LogP contribution in [-0.2, 0) is 30.2 Å². The molecule has 1 fully saturated rings. The number of carbonyl (C=O) groups is 4. The van der Waals surface area contributed by atoms with Crippen LogP contribution in [0.4, 0.5) is 4.39 Å². The number of aromatic nitrogens is 2. The Kier molecular flexibility index (Phi) is 15.6. The summed E-state index contributed by atoms with van der Waals surface area (Å²) in [6.07, 6.45) is -2.47. The maximum absolute atomic E-state index is 16.9. The Hall–Kier alpha value is -6.60. The van der Waals surface area contributed by atoms with E-state index in [1.807, 2.05) is 50.3 Å². The van der Waals surface area contributed by atoms with Gasteiger partial charge >= 0.3 is 17.9 Å². The van der Waals surface area contributed by atoms with Gasteiger partial charge in [-0.1, -0.05) is 118 Å². The molecule has 12 nitrogen and oxygen atoms in total. The van der Waals surface area contributed by atoms with Crippen LogP contribution in [0.15, 0.2) is 121 Å². The van der Waals surface area contributed by atoms with Crippen LogP contribution in [0.5, 0.6) is 5.88 Å². The van der Waals surface area contributed by atoms with Crippen molar-refractivity contribution in [3.8, 4) is 5.88 Å². The first kappa shape index (κ1) is 44.0. The van der Waals surface area contributed by atoms with Gasteiger partial charge in [-0.3, -0.25) is 9.89 Å². The molecule has 61 heavy (non-hydrogen) atoms. The summed E-state index contributed by atoms with van der Waals surface area (Å²) in [7, 11) is 0. The highest BCUT2D eigenvalue weighted by molar-refractivity contribution is 5.91. The van der Waals surface area contributed by atoms with Gasteiger partial charge < -0.3 is 29.0 Å². The standard InChI is InChI=1S/C48H50FN3O9/c1-4-5-28-50-39(53)23-15-16-32-24-26-33(27-25-32)29-37-41(31(2)3)51-52-44(37)61-48-43(60-47(56)36-21-13-8-14-22-36)42(59-46(55)35-19-11-7-12-20-35)40(49)38(58-48)30-57-45(54)34-17-9-6-10-18-34/h6-22,24-27,31,38,40,42-43,48H,4-5,23,28-30H2,1-3H3,(H,50,53)(H,51,52). The second-order valence-electron chi connectivity index (χ2n) is 14.8. The van der Waals surface area contributed by atoms with Crippen molar-refractivity contribution in [1.29, 1.82) is 0 Å². The number of alkyl halides is 1. The molecule has 6 rings (SSSR count). The Morgan fingerprint density at radius 1 is 0.803 bits per heavy atom. The maximum atomic E-state index is 16.9. The van der Waals surface area contributed by atoms with E-state index in [9.17, 15) is 19.2 Å². The van der Waals surface area contributed by atoms with E-state index in [2.05, 4.69) is 22.4 Å². The molecular weight excluding hydrogens is 782 g/mol. The van der Waals surface area contributed by atoms with Gasteiger partial charge in [-0.2, -0.15) is 0 Å². The minimum absolute atomic E-state index is 0.0312. The topological polar surface area (TPSA) is 155 Å². The summed E-state index contributed by atoms with van der Waals surface area (Å²) in [5.41, 5.74) is 3.75. The molecule has 318 valence electrons. The third kappa shape index (κ3) is 12.0. The van der Waals surface area contributed by atoms with Crippen LogP contribution >= 0.6 is 0 Å². The number of rotatable bonds is 18. The van der Waals surface area contributed by atoms with Crippen molar-refractivity contribution >= 4 is 29.9 Å². The molecule has 1 aliphatic rings. The lowest BCUT2D eigenvalue weighted by Crippen LogP contribution is -2.61. The molecule has 5 unspecified atom stereocenters. The summed E-state index contributed by atoms with van der Waals surface area (Å²) >= 11 is 0. The smallest absolute Gasteiger partial charge is 0.338 e. The zero-order valence-electron chi connectivity index (χ0n) is 34.3. The van der Waals surface area contributed by atoms with Crippen molar-refractivity contribution in [3.63, 3.8) is 0 Å². The number of halogens is 1. The molecule has 1 amide bonds. The maximum Gasteiger partial charge on any atom is 0.338 e. The largest absolute Gasteiger partial charge is 0.459 e. The van der Waals surface area contributed by atoms with Crippen LogP contribution in [0.25, 0.3) is 6.08 Å². The molecule has 0 radical (unpaired) electrons. The summed E-state index contributed by atoms with van der Waals surface area (Å²) < 4.78 is 46.8. The Balaban J connectivity index is 1.29. The summed E-state index contributed by atoms with van der Waals surface area (Å²) in [6.45, 7) is 6.10. The molecule has 0 spiro atoms. The number of hydrogen-bond donors (Lipinski definition) is 2. The third-order valence-electron chi connectivity index (χ3n) is 9.96. The van der Waals surface area contributed by atoms with Gasteiger partial charge in [0, 0.05) is 30.6 Å². The molecule has 2 N–H and O–H groups in total. The van der Waals surface area contributed by atoms with Gasteiger partial charge in [0.2, 0.25) is 24.2 Å². The number of esters is 3. The molecule has 5 atom stereocenters. The normalized spacial score (nSPS) is 18.7. The van der Waals surface area contributed by atoms with E-state index in [0.29, 0.717) is 18.5 Å². The molecule has 0 saturated carbocycles. The molecule has 0 bridgehead atoms. The van der Waals surface area contributed by atoms with Gasteiger partial charge in [-0.25, -0.2) is 18.8 Å². The summed E-state index contributed by atoms with van der Waals surface area (Å²) in [5.74, 6) is -2.44. The van der Waals surface area contributed by atoms with Crippen LogP contribution in [0, 0.1) is 0 Å². The number of H-pyrrole nitrogens is 1. The number of amides is 1. The summed E-state index contributed by atoms with van der Waals surface area (Å²) in [6, 6.07) is 32.0. The number of aromatic amines is 1. The first-order valence-corrected chi connectivity index (χ1v) is 20.4. The molecule has 13 heteroatoms. The fourth-order valence-corrected chi connectivity index (χ4v) is 6.65. The Morgan fingerprint density at radius 2 is 1.38 bits per heavy atom. The molecule has 1 aromatic heterocycles. The SMILES string of the molecule is CCCCNC(=O)CC=Cc1ccc(Cc2c(OC3OC(COC(=O)c4ccccc4)C(F)C(OC(=O)c4ccccc4)C3OC(=O)c3ccccc3)n[nH]c2C(C)C)cc1. The van der Waals surface area contributed by atoms with Gasteiger partial charge in [0.15, 0.2) is 12.3 Å². The van der Waals surface area contributed by atoms with Crippen molar-refractivity contribution in [2.75, 3.05) is 13.2 Å². The van der Waals surface area contributed by atoms with Crippen molar-refractivity contribution in [2.24, 2.45) is 0 Å². The Bertz CT molecular complexity index is 2230. The van der Waals surface area contributed by atoms with Crippen molar-refractivity contribution in [3.05, 3.63) is 160 Å². The predicted octanol–water partition coefficient (Wildman–Crippen LogP) is 8.19. The van der Waals surface area contributed by atoms with Crippen molar-refractivity contribution in [2.45, 2.75) is 83.1 Å². The van der Waals surface area contributed by atoms with Gasteiger partial charge in [0.25, 0.3) is 0 Å². The molecule has 5 aromatic rings. The highest BCUT2D eigenvalue weighted by atomic mass is 19.1. The van der Waals surface area contributed by atoms with E-state index >= 15 is 4.39 Å². The first-order chi connectivity index (χ1) is 29.6. The quantitative estimate of drug-likeness (QED) is 0.0502. The Morgan fingerprint density at radius 3 is 1.95 bits per heavy atom. The van der Waals surface area contributed by atoms with Crippen LogP contribution in [0.1, 0.15) is 99.4 Å². The lowest BCUT2D eigenvalue weighted by atomic mass is 9.98. The zero-order chi connectivity index (χ0) is 43.1. The fraction of sp³-hybridized carbons (Fsp3) is 0.312. The number of carbonyl (C=O) groups excluding carboxylic acids is 4. The minimum Gasteiger partial charge on any atom is -0.459 e. The zero-order valence-corrected chi connectivity index (χ0v) is 34.3. The molecular formula is C48H50FN3O9. The van der Waals surface area contributed by atoms with Crippen molar-refractivity contribution < 1.29 is 47.3 Å². The second-order valence-corrected chi connectivity index (χ2v) is 14.8. The minimum atomic E-state index is -2.16. The molecule has 1 saturated heterocycles. The predicted molar refractivity (Wildman–Crippen MR) is 226 cm³/mol. The molecule has 2 heterocycles. The number of unbranched alkanes of at least 4 members (excludes halogenated alkanes) is 1. The van der Waals surface area contributed by atoms with Crippen LogP contribution < -0.4 is 10.1 Å². The number of ether oxygens (including phenoxy) is 5. The summed E-state index contributed by atoms with van der Waals surface area (Å²) in [5, 5.41) is 10.5. The van der Waals surface area contributed by atoms with Gasteiger partial charge in [-0.05, 0) is 59.9 Å². The lowest BCUT2D eigenvalue weighted by molar-refractivity contribution is -0.264. The monoisotopic (exact) mass is 831 g/mol. The molecule has 4 aromatic carbocycles. The average Bonchev–Trinajstić information content (AvgIpc) is 3.68.